The lowest BCUT2D eigenvalue weighted by atomic mass is 9.99. The smallest absolute Gasteiger partial charge is 0.152 e. The van der Waals surface area contributed by atoms with Gasteiger partial charge in [0.15, 0.2) is 5.82 Å². The Balaban J connectivity index is 2.13. The zero-order valence-electron chi connectivity index (χ0n) is 11.5. The van der Waals surface area contributed by atoms with Crippen molar-refractivity contribution >= 4 is 0 Å². The number of rotatable bonds is 5. The van der Waals surface area contributed by atoms with Crippen molar-refractivity contribution in [2.24, 2.45) is 13.0 Å². The molecule has 0 bridgehead atoms. The Morgan fingerprint density at radius 1 is 1.39 bits per heavy atom. The Kier molecular flexibility index (Phi) is 3.81. The Bertz CT molecular complexity index is 497. The van der Waals surface area contributed by atoms with Crippen LogP contribution in [0.4, 0.5) is 0 Å². The molecule has 2 aromatic heterocycles. The summed E-state index contributed by atoms with van der Waals surface area (Å²) < 4.78 is 4.09. The summed E-state index contributed by atoms with van der Waals surface area (Å²) in [7, 11) is 3.97. The topological polar surface area (TPSA) is 47.7 Å². The summed E-state index contributed by atoms with van der Waals surface area (Å²) in [6.45, 7) is 5.20. The molecule has 2 rings (SSSR count). The third-order valence-electron chi connectivity index (χ3n) is 3.24. The second kappa shape index (κ2) is 5.35. The average molecular weight is 247 g/mol. The highest BCUT2D eigenvalue weighted by atomic mass is 15.3. The molecule has 18 heavy (non-hydrogen) atoms. The Morgan fingerprint density at radius 2 is 2.17 bits per heavy atom. The second-order valence-corrected chi connectivity index (χ2v) is 4.99. The van der Waals surface area contributed by atoms with E-state index >= 15 is 0 Å². The van der Waals surface area contributed by atoms with Crippen LogP contribution in [0.1, 0.15) is 31.3 Å². The van der Waals surface area contributed by atoms with Gasteiger partial charge in [0.25, 0.3) is 0 Å². The molecule has 0 saturated heterocycles. The van der Waals surface area contributed by atoms with E-state index in [1.807, 2.05) is 18.7 Å². The molecule has 0 fully saturated rings. The van der Waals surface area contributed by atoms with Gasteiger partial charge in [-0.05, 0) is 24.6 Å². The number of nitrogens with one attached hydrogen (secondary N) is 1. The van der Waals surface area contributed by atoms with Crippen molar-refractivity contribution in [2.45, 2.75) is 26.4 Å². The highest BCUT2D eigenvalue weighted by Crippen LogP contribution is 2.21. The third-order valence-corrected chi connectivity index (χ3v) is 3.24. The largest absolute Gasteiger partial charge is 0.346 e. The van der Waals surface area contributed by atoms with Crippen molar-refractivity contribution in [3.63, 3.8) is 0 Å². The predicted octanol–water partition coefficient (Wildman–Crippen LogP) is 1.58. The molecule has 0 aliphatic rings. The number of hydrogen-bond acceptors (Lipinski definition) is 3. The first-order valence-corrected chi connectivity index (χ1v) is 6.27. The first-order valence-electron chi connectivity index (χ1n) is 6.27. The first kappa shape index (κ1) is 12.8. The standard InChI is InChI=1S/C13H21N5/c1-10(2)13(14-3)11-5-6-18(7-11)8-12-16-15-9-17(12)4/h5-7,9-10,13-14H,8H2,1-4H3. The molecule has 1 atom stereocenters. The fourth-order valence-electron chi connectivity index (χ4n) is 2.24. The van der Waals surface area contributed by atoms with E-state index in [-0.39, 0.29) is 0 Å². The minimum atomic E-state index is 0.394. The van der Waals surface area contributed by atoms with Gasteiger partial charge < -0.3 is 14.5 Å². The number of hydrogen-bond donors (Lipinski definition) is 1. The lowest BCUT2D eigenvalue weighted by Gasteiger charge is -2.18. The van der Waals surface area contributed by atoms with Crippen molar-refractivity contribution in [1.82, 2.24) is 24.6 Å². The maximum atomic E-state index is 4.10. The van der Waals surface area contributed by atoms with E-state index in [1.165, 1.54) is 5.56 Å². The van der Waals surface area contributed by atoms with Crippen LogP contribution in [0.2, 0.25) is 0 Å². The summed E-state index contributed by atoms with van der Waals surface area (Å²) in [5, 5.41) is 11.3. The van der Waals surface area contributed by atoms with Crippen molar-refractivity contribution in [3.05, 3.63) is 36.2 Å². The van der Waals surface area contributed by atoms with Crippen LogP contribution in [-0.2, 0) is 13.6 Å². The van der Waals surface area contributed by atoms with Crippen LogP contribution < -0.4 is 5.32 Å². The van der Waals surface area contributed by atoms with E-state index < -0.39 is 0 Å². The molecule has 2 aromatic rings. The zero-order chi connectivity index (χ0) is 13.1. The maximum absolute atomic E-state index is 4.10. The molecule has 1 N–H and O–H groups in total. The van der Waals surface area contributed by atoms with Crippen LogP contribution in [-0.4, -0.2) is 26.4 Å². The molecule has 0 aliphatic heterocycles. The molecule has 5 heteroatoms. The molecule has 0 aromatic carbocycles. The van der Waals surface area contributed by atoms with E-state index in [4.69, 9.17) is 0 Å². The molecule has 2 heterocycles. The number of aryl methyl sites for hydroxylation is 1. The van der Waals surface area contributed by atoms with Gasteiger partial charge in [-0.25, -0.2) is 0 Å². The molecule has 0 saturated carbocycles. The first-order chi connectivity index (χ1) is 8.61. The van der Waals surface area contributed by atoms with Crippen LogP contribution >= 0.6 is 0 Å². The molecular formula is C13H21N5. The van der Waals surface area contributed by atoms with Gasteiger partial charge in [0, 0.05) is 25.5 Å². The Morgan fingerprint density at radius 3 is 2.72 bits per heavy atom. The number of nitrogens with zero attached hydrogens (tertiary/aromatic N) is 4. The fourth-order valence-corrected chi connectivity index (χ4v) is 2.24. The normalized spacial score (nSPS) is 13.2. The minimum absolute atomic E-state index is 0.394. The van der Waals surface area contributed by atoms with E-state index in [1.54, 1.807) is 6.33 Å². The summed E-state index contributed by atoms with van der Waals surface area (Å²) in [5.41, 5.74) is 1.31. The van der Waals surface area contributed by atoms with Gasteiger partial charge in [-0.1, -0.05) is 13.8 Å². The lowest BCUT2D eigenvalue weighted by Crippen LogP contribution is -2.21. The summed E-state index contributed by atoms with van der Waals surface area (Å²) in [4.78, 5) is 0. The highest BCUT2D eigenvalue weighted by molar-refractivity contribution is 5.16. The molecule has 0 amide bonds. The summed E-state index contributed by atoms with van der Waals surface area (Å²) >= 11 is 0. The lowest BCUT2D eigenvalue weighted by molar-refractivity contribution is 0.442. The predicted molar refractivity (Wildman–Crippen MR) is 71.2 cm³/mol. The van der Waals surface area contributed by atoms with Crippen LogP contribution in [0.15, 0.2) is 24.8 Å². The maximum Gasteiger partial charge on any atom is 0.152 e. The van der Waals surface area contributed by atoms with Crippen molar-refractivity contribution in [3.8, 4) is 0 Å². The van der Waals surface area contributed by atoms with Gasteiger partial charge in [-0.2, -0.15) is 0 Å². The second-order valence-electron chi connectivity index (χ2n) is 4.99. The quantitative estimate of drug-likeness (QED) is 0.872. The average Bonchev–Trinajstić information content (AvgIpc) is 2.91. The Hall–Kier alpha value is -1.62. The van der Waals surface area contributed by atoms with Gasteiger partial charge in [-0.15, -0.1) is 10.2 Å². The molecule has 1 unspecified atom stereocenters. The van der Waals surface area contributed by atoms with Crippen LogP contribution in [0.3, 0.4) is 0 Å². The summed E-state index contributed by atoms with van der Waals surface area (Å²) in [6, 6.07) is 2.56. The van der Waals surface area contributed by atoms with E-state index in [0.717, 1.165) is 12.4 Å². The molecule has 0 radical (unpaired) electrons. The van der Waals surface area contributed by atoms with Crippen molar-refractivity contribution < 1.29 is 0 Å². The summed E-state index contributed by atoms with van der Waals surface area (Å²) in [5.74, 6) is 1.53. The van der Waals surface area contributed by atoms with Crippen LogP contribution in [0.25, 0.3) is 0 Å². The third kappa shape index (κ3) is 2.61. The monoisotopic (exact) mass is 247 g/mol. The Labute approximate surface area is 108 Å². The molecular weight excluding hydrogens is 226 g/mol. The van der Waals surface area contributed by atoms with Crippen LogP contribution in [0, 0.1) is 5.92 Å². The number of aromatic nitrogens is 4. The van der Waals surface area contributed by atoms with Crippen molar-refractivity contribution in [1.29, 1.82) is 0 Å². The van der Waals surface area contributed by atoms with E-state index in [0.29, 0.717) is 12.0 Å². The molecule has 5 nitrogen and oxygen atoms in total. The van der Waals surface area contributed by atoms with Crippen LogP contribution in [0.5, 0.6) is 0 Å². The van der Waals surface area contributed by atoms with Gasteiger partial charge in [0.05, 0.1) is 6.54 Å². The summed E-state index contributed by atoms with van der Waals surface area (Å²) in [6.07, 6.45) is 6.00. The van der Waals surface area contributed by atoms with Gasteiger partial charge >= 0.3 is 0 Å². The SMILES string of the molecule is CNC(c1ccn(Cc2nncn2C)c1)C(C)C. The van der Waals surface area contributed by atoms with Crippen molar-refractivity contribution in [2.75, 3.05) is 7.05 Å². The molecule has 0 aliphatic carbocycles. The van der Waals surface area contributed by atoms with Gasteiger partial charge in [0.1, 0.15) is 6.33 Å². The fraction of sp³-hybridized carbons (Fsp3) is 0.538. The van der Waals surface area contributed by atoms with Gasteiger partial charge in [-0.3, -0.25) is 0 Å². The molecule has 98 valence electrons. The molecule has 0 spiro atoms. The van der Waals surface area contributed by atoms with Gasteiger partial charge in [0.2, 0.25) is 0 Å². The highest BCUT2D eigenvalue weighted by Gasteiger charge is 2.14. The zero-order valence-corrected chi connectivity index (χ0v) is 11.5. The van der Waals surface area contributed by atoms with E-state index in [2.05, 4.69) is 52.4 Å². The van der Waals surface area contributed by atoms with E-state index in [9.17, 15) is 0 Å². The minimum Gasteiger partial charge on any atom is -0.346 e.